The van der Waals surface area contributed by atoms with Crippen LogP contribution < -0.4 is 14.8 Å². The first-order valence-electron chi connectivity index (χ1n) is 10.6. The maximum absolute atomic E-state index is 12.3. The molecule has 8 nitrogen and oxygen atoms in total. The van der Waals surface area contributed by atoms with Crippen LogP contribution in [0.1, 0.15) is 27.3 Å². The number of nitrogens with zero attached hydrogens (tertiary/aromatic N) is 2. The van der Waals surface area contributed by atoms with Crippen LogP contribution in [0, 0.1) is 13.8 Å². The van der Waals surface area contributed by atoms with E-state index in [0.29, 0.717) is 42.5 Å². The summed E-state index contributed by atoms with van der Waals surface area (Å²) < 4.78 is 17.9. The molecule has 1 N–H and O–H groups in total. The van der Waals surface area contributed by atoms with Crippen LogP contribution in [0.25, 0.3) is 5.69 Å². The lowest BCUT2D eigenvalue weighted by Crippen LogP contribution is -2.30. The molecule has 1 amide bonds. The second-order valence-corrected chi connectivity index (χ2v) is 7.98. The Balaban J connectivity index is 1.24. The van der Waals surface area contributed by atoms with E-state index in [-0.39, 0.29) is 12.5 Å². The van der Waals surface area contributed by atoms with Crippen molar-refractivity contribution >= 4 is 23.5 Å². The highest BCUT2D eigenvalue weighted by Gasteiger charge is 2.14. The number of amides is 1. The molecule has 0 saturated heterocycles. The normalized spacial score (nSPS) is 12.3. The van der Waals surface area contributed by atoms with Gasteiger partial charge in [0.15, 0.2) is 18.1 Å². The molecule has 0 bridgehead atoms. The van der Waals surface area contributed by atoms with Crippen LogP contribution in [-0.4, -0.2) is 48.0 Å². The lowest BCUT2D eigenvalue weighted by molar-refractivity contribution is -0.124. The average molecular weight is 470 g/mol. The number of carbonyl (C=O) groups is 2. The number of halogens is 1. The maximum atomic E-state index is 12.3. The van der Waals surface area contributed by atoms with E-state index in [1.165, 1.54) is 0 Å². The number of rotatable bonds is 7. The minimum Gasteiger partial charge on any atom is -0.486 e. The van der Waals surface area contributed by atoms with Gasteiger partial charge in [-0.05, 0) is 62.2 Å². The van der Waals surface area contributed by atoms with Crippen LogP contribution in [-0.2, 0) is 16.0 Å². The molecule has 0 unspecified atom stereocenters. The minimum absolute atomic E-state index is 0.343. The quantitative estimate of drug-likeness (QED) is 0.533. The van der Waals surface area contributed by atoms with Crippen LogP contribution in [0.3, 0.4) is 0 Å². The number of ether oxygens (including phenoxy) is 3. The predicted octanol–water partition coefficient (Wildman–Crippen LogP) is 3.43. The zero-order valence-electron chi connectivity index (χ0n) is 18.4. The van der Waals surface area contributed by atoms with Gasteiger partial charge in [-0.2, -0.15) is 5.10 Å². The van der Waals surface area contributed by atoms with E-state index in [0.717, 1.165) is 28.4 Å². The van der Waals surface area contributed by atoms with Crippen molar-refractivity contribution < 1.29 is 23.8 Å². The fourth-order valence-corrected chi connectivity index (χ4v) is 3.59. The molecule has 33 heavy (non-hydrogen) atoms. The Morgan fingerprint density at radius 2 is 1.82 bits per heavy atom. The van der Waals surface area contributed by atoms with Gasteiger partial charge < -0.3 is 19.5 Å². The van der Waals surface area contributed by atoms with E-state index in [9.17, 15) is 9.59 Å². The topological polar surface area (TPSA) is 91.7 Å². The summed E-state index contributed by atoms with van der Waals surface area (Å²) in [6.45, 7) is 4.84. The molecule has 0 fully saturated rings. The number of hydrogen-bond acceptors (Lipinski definition) is 6. The molecular formula is C24H24ClN3O5. The summed E-state index contributed by atoms with van der Waals surface area (Å²) in [6.07, 6.45) is 0.619. The number of hydrogen-bond donors (Lipinski definition) is 1. The van der Waals surface area contributed by atoms with Crippen molar-refractivity contribution in [3.63, 3.8) is 0 Å². The monoisotopic (exact) mass is 469 g/mol. The van der Waals surface area contributed by atoms with Gasteiger partial charge in [0.1, 0.15) is 13.2 Å². The Morgan fingerprint density at radius 1 is 1.09 bits per heavy atom. The Kier molecular flexibility index (Phi) is 6.84. The third-order valence-electron chi connectivity index (χ3n) is 5.23. The molecule has 0 spiro atoms. The summed E-state index contributed by atoms with van der Waals surface area (Å²) in [7, 11) is 0. The number of aromatic nitrogens is 2. The standard InChI is InChI=1S/C24H24ClN3O5/c1-15-23(25)16(2)28(27-15)19-6-4-18(5-7-19)24(30)33-14-22(29)26-10-9-17-3-8-20-21(13-17)32-12-11-31-20/h3-8,13H,9-12,14H2,1-2H3,(H,26,29). The number of esters is 1. The smallest absolute Gasteiger partial charge is 0.338 e. The highest BCUT2D eigenvalue weighted by atomic mass is 35.5. The SMILES string of the molecule is Cc1nn(-c2ccc(C(=O)OCC(=O)NCCc3ccc4c(c3)OCCO4)cc2)c(C)c1Cl. The summed E-state index contributed by atoms with van der Waals surface area (Å²) in [5.74, 6) is 0.503. The summed E-state index contributed by atoms with van der Waals surface area (Å²) in [5.41, 5.74) is 3.68. The fraction of sp³-hybridized carbons (Fsp3) is 0.292. The predicted molar refractivity (Wildman–Crippen MR) is 122 cm³/mol. The second-order valence-electron chi connectivity index (χ2n) is 7.60. The molecule has 172 valence electrons. The molecule has 2 aromatic carbocycles. The molecule has 2 heterocycles. The number of benzene rings is 2. The molecule has 9 heteroatoms. The van der Waals surface area contributed by atoms with E-state index in [4.69, 9.17) is 25.8 Å². The van der Waals surface area contributed by atoms with Crippen LogP contribution in [0.15, 0.2) is 42.5 Å². The lowest BCUT2D eigenvalue weighted by atomic mass is 10.1. The number of nitrogens with one attached hydrogen (secondary N) is 1. The highest BCUT2D eigenvalue weighted by Crippen LogP contribution is 2.30. The van der Waals surface area contributed by atoms with Gasteiger partial charge in [-0.15, -0.1) is 0 Å². The van der Waals surface area contributed by atoms with Crippen molar-refractivity contribution in [1.82, 2.24) is 15.1 Å². The summed E-state index contributed by atoms with van der Waals surface area (Å²) in [4.78, 5) is 24.3. The zero-order chi connectivity index (χ0) is 23.4. The molecule has 1 aromatic heterocycles. The van der Waals surface area contributed by atoms with Crippen molar-refractivity contribution in [3.8, 4) is 17.2 Å². The van der Waals surface area contributed by atoms with Gasteiger partial charge in [0.25, 0.3) is 5.91 Å². The number of fused-ring (bicyclic) bond motifs is 1. The summed E-state index contributed by atoms with van der Waals surface area (Å²) in [6, 6.07) is 12.5. The first kappa shape index (κ1) is 22.7. The average Bonchev–Trinajstić information content (AvgIpc) is 3.09. The molecule has 1 aliphatic rings. The molecule has 0 saturated carbocycles. The van der Waals surface area contributed by atoms with E-state index in [1.54, 1.807) is 28.9 Å². The van der Waals surface area contributed by atoms with Gasteiger partial charge in [0.2, 0.25) is 0 Å². The summed E-state index contributed by atoms with van der Waals surface area (Å²) >= 11 is 6.19. The van der Waals surface area contributed by atoms with Gasteiger partial charge in [-0.25, -0.2) is 9.48 Å². The van der Waals surface area contributed by atoms with Gasteiger partial charge in [0, 0.05) is 6.54 Å². The van der Waals surface area contributed by atoms with Gasteiger partial charge in [-0.1, -0.05) is 17.7 Å². The van der Waals surface area contributed by atoms with E-state index >= 15 is 0 Å². The Bertz CT molecular complexity index is 1170. The molecule has 4 rings (SSSR count). The lowest BCUT2D eigenvalue weighted by Gasteiger charge is -2.18. The van der Waals surface area contributed by atoms with E-state index < -0.39 is 5.97 Å². The molecule has 1 aliphatic heterocycles. The first-order chi connectivity index (χ1) is 15.9. The highest BCUT2D eigenvalue weighted by molar-refractivity contribution is 6.31. The number of aryl methyl sites for hydroxylation is 1. The Labute approximate surface area is 196 Å². The molecule has 0 atom stereocenters. The minimum atomic E-state index is -0.574. The zero-order valence-corrected chi connectivity index (χ0v) is 19.1. The van der Waals surface area contributed by atoms with Crippen LogP contribution >= 0.6 is 11.6 Å². The largest absolute Gasteiger partial charge is 0.486 e. The molecular weight excluding hydrogens is 446 g/mol. The Hall–Kier alpha value is -3.52. The number of carbonyl (C=O) groups excluding carboxylic acids is 2. The van der Waals surface area contributed by atoms with Crippen LogP contribution in [0.4, 0.5) is 0 Å². The van der Waals surface area contributed by atoms with Crippen LogP contribution in [0.2, 0.25) is 5.02 Å². The maximum Gasteiger partial charge on any atom is 0.338 e. The van der Waals surface area contributed by atoms with Gasteiger partial charge in [0.05, 0.1) is 27.7 Å². The van der Waals surface area contributed by atoms with E-state index in [1.807, 2.05) is 32.0 Å². The van der Waals surface area contributed by atoms with E-state index in [2.05, 4.69) is 10.4 Å². The van der Waals surface area contributed by atoms with Crippen molar-refractivity contribution in [2.75, 3.05) is 26.4 Å². The van der Waals surface area contributed by atoms with Crippen molar-refractivity contribution in [3.05, 3.63) is 70.0 Å². The van der Waals surface area contributed by atoms with Crippen LogP contribution in [0.5, 0.6) is 11.5 Å². The van der Waals surface area contributed by atoms with Gasteiger partial charge in [-0.3, -0.25) is 4.79 Å². The fourth-order valence-electron chi connectivity index (χ4n) is 3.47. The first-order valence-corrected chi connectivity index (χ1v) is 10.9. The second kappa shape index (κ2) is 9.95. The third-order valence-corrected chi connectivity index (χ3v) is 5.77. The third kappa shape index (κ3) is 5.28. The Morgan fingerprint density at radius 3 is 2.52 bits per heavy atom. The van der Waals surface area contributed by atoms with Crippen molar-refractivity contribution in [2.24, 2.45) is 0 Å². The van der Waals surface area contributed by atoms with Gasteiger partial charge >= 0.3 is 5.97 Å². The van der Waals surface area contributed by atoms with Crippen molar-refractivity contribution in [1.29, 1.82) is 0 Å². The summed E-state index contributed by atoms with van der Waals surface area (Å²) in [5, 5.41) is 7.75. The van der Waals surface area contributed by atoms with Crippen molar-refractivity contribution in [2.45, 2.75) is 20.3 Å². The molecule has 0 radical (unpaired) electrons. The molecule has 3 aromatic rings. The molecule has 0 aliphatic carbocycles.